The maximum Gasteiger partial charge on any atom is 0.0921 e. The van der Waals surface area contributed by atoms with Crippen LogP contribution >= 0.6 is 34.0 Å². The second-order valence-electron chi connectivity index (χ2n) is 12.1. The van der Waals surface area contributed by atoms with Crippen molar-refractivity contribution in [3.8, 4) is 0 Å². The highest BCUT2D eigenvalue weighted by Crippen LogP contribution is 2.00. The molecule has 0 aliphatic carbocycles. The number of H-pyrrole nitrogens is 2. The van der Waals surface area contributed by atoms with Gasteiger partial charge in [-0.2, -0.15) is 0 Å². The molecule has 304 valence electrons. The summed E-state index contributed by atoms with van der Waals surface area (Å²) in [5.74, 6) is 0. The number of rotatable bonds is 0. The van der Waals surface area contributed by atoms with Gasteiger partial charge in [0.25, 0.3) is 0 Å². The molecule has 9 nitrogen and oxygen atoms in total. The van der Waals surface area contributed by atoms with Gasteiger partial charge in [-0.1, -0.05) is 48.0 Å². The molecule has 8 aromatic heterocycles. The van der Waals surface area contributed by atoms with Crippen molar-refractivity contribution in [1.82, 2.24) is 44.9 Å². The van der Waals surface area contributed by atoms with Crippen LogP contribution in [-0.4, -0.2) is 44.9 Å². The quantitative estimate of drug-likeness (QED) is 0.156. The molecule has 12 heteroatoms. The van der Waals surface area contributed by atoms with Crippen molar-refractivity contribution in [1.29, 1.82) is 0 Å². The summed E-state index contributed by atoms with van der Waals surface area (Å²) in [6.45, 7) is 18.1. The summed E-state index contributed by atoms with van der Waals surface area (Å²) in [6.07, 6.45) is 18.0. The molecule has 2 N–H and O–H groups in total. The molecule has 0 radical (unpaired) electrons. The van der Waals surface area contributed by atoms with Crippen LogP contribution in [0.4, 0.5) is 0 Å². The molecule has 0 bridgehead atoms. The second-order valence-corrected chi connectivity index (χ2v) is 15.0. The fraction of sp³-hybridized carbons (Fsp3) is 0.196. The molecule has 0 fully saturated rings. The summed E-state index contributed by atoms with van der Waals surface area (Å²) in [7, 11) is 0. The van der Waals surface area contributed by atoms with Crippen molar-refractivity contribution >= 4 is 34.0 Å². The Balaban J connectivity index is 0.000000327. The van der Waals surface area contributed by atoms with Crippen molar-refractivity contribution in [3.05, 3.63) is 218 Å². The monoisotopic (exact) mass is 831 g/mol. The first kappa shape index (κ1) is 50.1. The van der Waals surface area contributed by atoms with E-state index < -0.39 is 0 Å². The normalized spacial score (nSPS) is 8.78. The van der Waals surface area contributed by atoms with Gasteiger partial charge in [-0.3, -0.25) is 29.9 Å². The van der Waals surface area contributed by atoms with Gasteiger partial charge in [0.1, 0.15) is 0 Å². The number of aromatic amines is 2. The average Bonchev–Trinajstić information content (AvgIpc) is 4.10. The van der Waals surface area contributed by atoms with Crippen LogP contribution in [0.25, 0.3) is 0 Å². The van der Waals surface area contributed by atoms with E-state index in [4.69, 9.17) is 0 Å². The number of pyridine rings is 3. The summed E-state index contributed by atoms with van der Waals surface area (Å²) < 4.78 is 0. The third-order valence-electron chi connectivity index (χ3n) is 6.47. The first-order valence-corrected chi connectivity index (χ1v) is 21.0. The Labute approximate surface area is 357 Å². The lowest BCUT2D eigenvalue weighted by molar-refractivity contribution is 1.20. The van der Waals surface area contributed by atoms with E-state index in [2.05, 4.69) is 63.9 Å². The highest BCUT2D eigenvalue weighted by atomic mass is 32.1. The van der Waals surface area contributed by atoms with Gasteiger partial charge in [0.05, 0.1) is 22.4 Å². The maximum absolute atomic E-state index is 3.98. The molecular formula is C46H57N9S3. The average molecular weight is 832 g/mol. The van der Waals surface area contributed by atoms with E-state index in [1.165, 1.54) is 27.3 Å². The van der Waals surface area contributed by atoms with Crippen molar-refractivity contribution < 1.29 is 0 Å². The Morgan fingerprint density at radius 3 is 1.40 bits per heavy atom. The lowest BCUT2D eigenvalue weighted by atomic mass is 10.2. The van der Waals surface area contributed by atoms with Crippen LogP contribution in [0.1, 0.15) is 49.4 Å². The number of nitrogens with one attached hydrogen (secondary N) is 2. The third kappa shape index (κ3) is 32.3. The van der Waals surface area contributed by atoms with E-state index in [9.17, 15) is 0 Å². The van der Waals surface area contributed by atoms with Crippen LogP contribution in [0, 0.1) is 62.3 Å². The lowest BCUT2D eigenvalue weighted by Crippen LogP contribution is -1.72. The van der Waals surface area contributed by atoms with Crippen LogP contribution in [0.3, 0.4) is 0 Å². The minimum Gasteiger partial charge on any atom is -0.365 e. The molecule has 0 amide bonds. The minimum absolute atomic E-state index is 1.07. The van der Waals surface area contributed by atoms with Crippen LogP contribution < -0.4 is 0 Å². The fourth-order valence-corrected chi connectivity index (χ4v) is 4.85. The molecule has 58 heavy (non-hydrogen) atoms. The molecule has 0 spiro atoms. The van der Waals surface area contributed by atoms with Gasteiger partial charge in [0.15, 0.2) is 0 Å². The summed E-state index contributed by atoms with van der Waals surface area (Å²) in [5, 5.41) is 5.12. The maximum atomic E-state index is 3.98. The van der Waals surface area contributed by atoms with Gasteiger partial charge in [-0.25, -0.2) is 4.98 Å². The number of imidazole rings is 1. The van der Waals surface area contributed by atoms with Gasteiger partial charge in [-0.05, 0) is 116 Å². The molecule has 0 aliphatic rings. The van der Waals surface area contributed by atoms with Crippen molar-refractivity contribution in [3.63, 3.8) is 0 Å². The largest absolute Gasteiger partial charge is 0.365 e. The Morgan fingerprint density at radius 2 is 1.17 bits per heavy atom. The molecule has 0 aliphatic heterocycles. The molecule has 0 saturated heterocycles. The predicted octanol–water partition coefficient (Wildman–Crippen LogP) is 12.6. The Hall–Kier alpha value is -5.95. The number of hydrogen-bond donors (Lipinski definition) is 2. The summed E-state index contributed by atoms with van der Waals surface area (Å²) in [6, 6.07) is 28.0. The van der Waals surface area contributed by atoms with Gasteiger partial charge >= 0.3 is 0 Å². The van der Waals surface area contributed by atoms with Crippen LogP contribution in [0.2, 0.25) is 0 Å². The molecule has 0 saturated carbocycles. The first-order chi connectivity index (χ1) is 28.0. The van der Waals surface area contributed by atoms with Crippen molar-refractivity contribution in [2.75, 3.05) is 0 Å². The zero-order valence-corrected chi connectivity index (χ0v) is 37.5. The number of nitrogens with zero attached hydrogens (tertiary/aromatic N) is 7. The van der Waals surface area contributed by atoms with Crippen molar-refractivity contribution in [2.24, 2.45) is 0 Å². The smallest absolute Gasteiger partial charge is 0.0921 e. The van der Waals surface area contributed by atoms with E-state index in [0.29, 0.717) is 0 Å². The highest BCUT2D eigenvalue weighted by Gasteiger charge is 1.79. The van der Waals surface area contributed by atoms with Crippen LogP contribution in [0.15, 0.2) is 169 Å². The van der Waals surface area contributed by atoms with Gasteiger partial charge in [0, 0.05) is 94.2 Å². The third-order valence-corrected chi connectivity index (χ3v) is 8.58. The fourth-order valence-electron chi connectivity index (χ4n) is 3.45. The topological polar surface area (TPSA) is 122 Å². The molecule has 9 aromatic rings. The standard InChI is InChI=1S/C7H8.3C6H7N.C5H7N.C4H6N2.3C4H5NS/c1-7-5-3-2-4-6-7;1-6-2-4-7-5-3-6;1-6-3-2-4-7-5-6;1-6-4-2-3-5-7-6;1-5-3-2-4-6-5;1-4-2-5-3-6-4;1-4-2-6-3-5-4;1-4-2-5-3-6-4;1-4-5-2-3-6-4/h2-6H,1H3;3*2-5H,1H3;2-4,6H,1H3;2-3H,1H3,(H,5,6);3*2-3H,1H3. The SMILES string of the molecule is Cc1ccc[nH]1.Cc1ccccc1.Cc1ccccn1.Cc1cccnc1.Cc1ccncc1.Cc1cnc[nH]1.Cc1cncs1.Cc1cscn1.Cc1nccs1. The molecular weight excluding hydrogens is 775 g/mol. The van der Waals surface area contributed by atoms with Crippen LogP contribution in [0.5, 0.6) is 0 Å². The first-order valence-electron chi connectivity index (χ1n) is 18.3. The summed E-state index contributed by atoms with van der Waals surface area (Å²) in [4.78, 5) is 34.3. The lowest BCUT2D eigenvalue weighted by Gasteiger charge is -1.82. The van der Waals surface area contributed by atoms with E-state index in [0.717, 1.165) is 22.1 Å². The highest BCUT2D eigenvalue weighted by molar-refractivity contribution is 7.09. The van der Waals surface area contributed by atoms with Gasteiger partial charge in [-0.15, -0.1) is 34.0 Å². The molecule has 8 heterocycles. The number of aryl methyl sites for hydroxylation is 9. The molecule has 9 rings (SSSR count). The minimum atomic E-state index is 1.07. The molecule has 1 aromatic carbocycles. The number of hydrogen-bond acceptors (Lipinski definition) is 10. The van der Waals surface area contributed by atoms with Crippen LogP contribution in [-0.2, 0) is 0 Å². The predicted molar refractivity (Wildman–Crippen MR) is 248 cm³/mol. The number of aromatic nitrogens is 9. The second kappa shape index (κ2) is 34.3. The Morgan fingerprint density at radius 1 is 0.448 bits per heavy atom. The van der Waals surface area contributed by atoms with E-state index in [1.807, 2.05) is 169 Å². The summed E-state index contributed by atoms with van der Waals surface area (Å²) >= 11 is 4.96. The Kier molecular flexibility index (Phi) is 29.6. The number of thiazole rings is 3. The van der Waals surface area contributed by atoms with E-state index in [1.54, 1.807) is 77.5 Å². The summed E-state index contributed by atoms with van der Waals surface area (Å²) in [5.41, 5.74) is 12.0. The molecule has 0 atom stereocenters. The zero-order valence-electron chi connectivity index (χ0n) is 35.0. The van der Waals surface area contributed by atoms with E-state index >= 15 is 0 Å². The molecule has 0 unspecified atom stereocenters. The van der Waals surface area contributed by atoms with E-state index in [-0.39, 0.29) is 0 Å². The number of benzene rings is 1. The van der Waals surface area contributed by atoms with Gasteiger partial charge < -0.3 is 9.97 Å². The van der Waals surface area contributed by atoms with Crippen molar-refractivity contribution in [2.45, 2.75) is 62.3 Å². The zero-order chi connectivity index (χ0) is 42.5. The van der Waals surface area contributed by atoms with Gasteiger partial charge in [0.2, 0.25) is 0 Å². The Bertz CT molecular complexity index is 1740.